The van der Waals surface area contributed by atoms with Crippen LogP contribution < -0.4 is 5.73 Å². The highest BCUT2D eigenvalue weighted by Gasteiger charge is 2.22. The molecule has 0 aromatic rings. The van der Waals surface area contributed by atoms with E-state index in [9.17, 15) is 5.11 Å². The molecule has 0 bridgehead atoms. The van der Waals surface area contributed by atoms with Gasteiger partial charge in [-0.05, 0) is 37.8 Å². The number of rotatable bonds is 4. The summed E-state index contributed by atoms with van der Waals surface area (Å²) in [6.45, 7) is 7.98. The zero-order valence-corrected chi connectivity index (χ0v) is 9.45. The summed E-state index contributed by atoms with van der Waals surface area (Å²) in [5.74, 6) is 1.68. The van der Waals surface area contributed by atoms with Crippen LogP contribution in [0.1, 0.15) is 26.7 Å². The Hall–Kier alpha value is -0.120. The summed E-state index contributed by atoms with van der Waals surface area (Å²) in [5, 5.41) is 9.42. The van der Waals surface area contributed by atoms with Crippen LogP contribution in [-0.2, 0) is 0 Å². The molecule has 14 heavy (non-hydrogen) atoms. The normalized spacial score (nSPS) is 22.9. The number of β-amino-alcohol motifs (C(OH)–C–C–N with tert-alkyl or cyclic N) is 1. The van der Waals surface area contributed by atoms with Gasteiger partial charge in [-0.15, -0.1) is 0 Å². The molecule has 0 radical (unpaired) electrons. The topological polar surface area (TPSA) is 49.5 Å². The smallest absolute Gasteiger partial charge is 0.0789 e. The standard InChI is InChI=1S/C11H24N2O/c1-9(2)10-3-5-13(6-4-10)8-11(14)7-12/h9-11,14H,3-8,12H2,1-2H3. The van der Waals surface area contributed by atoms with Gasteiger partial charge in [0.15, 0.2) is 0 Å². The molecule has 0 amide bonds. The van der Waals surface area contributed by atoms with Crippen LogP contribution in [0.3, 0.4) is 0 Å². The van der Waals surface area contributed by atoms with Gasteiger partial charge in [-0.3, -0.25) is 0 Å². The van der Waals surface area contributed by atoms with Crippen molar-refractivity contribution in [2.45, 2.75) is 32.8 Å². The monoisotopic (exact) mass is 200 g/mol. The second-order valence-electron chi connectivity index (χ2n) is 4.77. The fourth-order valence-corrected chi connectivity index (χ4v) is 2.17. The average molecular weight is 200 g/mol. The van der Waals surface area contributed by atoms with Gasteiger partial charge in [-0.25, -0.2) is 0 Å². The van der Waals surface area contributed by atoms with E-state index < -0.39 is 0 Å². The van der Waals surface area contributed by atoms with Crippen molar-refractivity contribution in [3.05, 3.63) is 0 Å². The van der Waals surface area contributed by atoms with Crippen LogP contribution in [0.25, 0.3) is 0 Å². The quantitative estimate of drug-likeness (QED) is 0.701. The number of nitrogens with two attached hydrogens (primary N) is 1. The van der Waals surface area contributed by atoms with Gasteiger partial charge in [0.25, 0.3) is 0 Å². The molecule has 0 aromatic heterocycles. The SMILES string of the molecule is CC(C)C1CCN(CC(O)CN)CC1. The maximum absolute atomic E-state index is 9.42. The predicted octanol–water partition coefficient (Wildman–Crippen LogP) is 0.674. The second kappa shape index (κ2) is 5.69. The molecule has 3 nitrogen and oxygen atoms in total. The summed E-state index contributed by atoms with van der Waals surface area (Å²) >= 11 is 0. The van der Waals surface area contributed by atoms with Crippen molar-refractivity contribution in [3.63, 3.8) is 0 Å². The lowest BCUT2D eigenvalue weighted by atomic mass is 9.87. The minimum Gasteiger partial charge on any atom is -0.390 e. The maximum atomic E-state index is 9.42. The van der Waals surface area contributed by atoms with E-state index in [4.69, 9.17) is 5.73 Å². The van der Waals surface area contributed by atoms with Gasteiger partial charge < -0.3 is 15.7 Å². The first kappa shape index (κ1) is 12.0. The summed E-state index contributed by atoms with van der Waals surface area (Å²) in [4.78, 5) is 2.33. The van der Waals surface area contributed by atoms with Gasteiger partial charge in [-0.1, -0.05) is 13.8 Å². The van der Waals surface area contributed by atoms with Gasteiger partial charge in [0.05, 0.1) is 6.10 Å². The van der Waals surface area contributed by atoms with E-state index in [1.165, 1.54) is 12.8 Å². The van der Waals surface area contributed by atoms with Crippen LogP contribution >= 0.6 is 0 Å². The van der Waals surface area contributed by atoms with Gasteiger partial charge in [0.2, 0.25) is 0 Å². The minimum atomic E-state index is -0.342. The van der Waals surface area contributed by atoms with Crippen LogP contribution in [0.5, 0.6) is 0 Å². The van der Waals surface area contributed by atoms with Crippen molar-refractivity contribution < 1.29 is 5.11 Å². The van der Waals surface area contributed by atoms with Crippen LogP contribution in [0, 0.1) is 11.8 Å². The molecule has 1 aliphatic rings. The van der Waals surface area contributed by atoms with Crippen molar-refractivity contribution in [1.82, 2.24) is 4.90 Å². The van der Waals surface area contributed by atoms with Crippen molar-refractivity contribution in [1.29, 1.82) is 0 Å². The fraction of sp³-hybridized carbons (Fsp3) is 1.00. The Bertz CT molecular complexity index is 153. The second-order valence-corrected chi connectivity index (χ2v) is 4.77. The van der Waals surface area contributed by atoms with Gasteiger partial charge in [0, 0.05) is 13.1 Å². The molecule has 1 rings (SSSR count). The van der Waals surface area contributed by atoms with E-state index in [2.05, 4.69) is 18.7 Å². The van der Waals surface area contributed by atoms with Gasteiger partial charge >= 0.3 is 0 Å². The molecule has 84 valence electrons. The van der Waals surface area contributed by atoms with E-state index in [-0.39, 0.29) is 6.10 Å². The van der Waals surface area contributed by atoms with E-state index in [1.807, 2.05) is 0 Å². The van der Waals surface area contributed by atoms with Crippen LogP contribution in [0.4, 0.5) is 0 Å². The van der Waals surface area contributed by atoms with E-state index >= 15 is 0 Å². The molecule has 1 aliphatic heterocycles. The fourth-order valence-electron chi connectivity index (χ4n) is 2.17. The van der Waals surface area contributed by atoms with Crippen molar-refractivity contribution in [2.24, 2.45) is 17.6 Å². The van der Waals surface area contributed by atoms with E-state index in [0.29, 0.717) is 6.54 Å². The Morgan fingerprint density at radius 1 is 1.36 bits per heavy atom. The number of nitrogens with zero attached hydrogens (tertiary/aromatic N) is 1. The molecule has 0 aliphatic carbocycles. The first-order valence-electron chi connectivity index (χ1n) is 5.74. The molecule has 0 aromatic carbocycles. The summed E-state index contributed by atoms with van der Waals surface area (Å²) in [5.41, 5.74) is 5.39. The predicted molar refractivity (Wildman–Crippen MR) is 59.1 cm³/mol. The largest absolute Gasteiger partial charge is 0.390 e. The Morgan fingerprint density at radius 2 is 1.93 bits per heavy atom. The van der Waals surface area contributed by atoms with Crippen molar-refractivity contribution >= 4 is 0 Å². The first-order valence-corrected chi connectivity index (χ1v) is 5.74. The number of piperidine rings is 1. The lowest BCUT2D eigenvalue weighted by Gasteiger charge is -2.34. The summed E-state index contributed by atoms with van der Waals surface area (Å²) in [7, 11) is 0. The third-order valence-electron chi connectivity index (χ3n) is 3.32. The summed E-state index contributed by atoms with van der Waals surface area (Å²) in [6, 6.07) is 0. The number of hydrogen-bond acceptors (Lipinski definition) is 3. The Labute approximate surface area is 87.3 Å². The molecular weight excluding hydrogens is 176 g/mol. The van der Waals surface area contributed by atoms with Crippen LogP contribution in [0.2, 0.25) is 0 Å². The number of aliphatic hydroxyl groups excluding tert-OH is 1. The number of hydrogen-bond donors (Lipinski definition) is 2. The Morgan fingerprint density at radius 3 is 2.36 bits per heavy atom. The zero-order valence-electron chi connectivity index (χ0n) is 9.45. The van der Waals surface area contributed by atoms with Crippen LogP contribution in [0.15, 0.2) is 0 Å². The Kier molecular flexibility index (Phi) is 4.85. The highest BCUT2D eigenvalue weighted by atomic mass is 16.3. The Balaban J connectivity index is 2.22. The number of likely N-dealkylation sites (tertiary alicyclic amines) is 1. The molecule has 0 spiro atoms. The van der Waals surface area contributed by atoms with Crippen molar-refractivity contribution in [2.75, 3.05) is 26.2 Å². The summed E-state index contributed by atoms with van der Waals surface area (Å²) < 4.78 is 0. The first-order chi connectivity index (χ1) is 6.63. The highest BCUT2D eigenvalue weighted by Crippen LogP contribution is 2.24. The van der Waals surface area contributed by atoms with E-state index in [0.717, 1.165) is 31.5 Å². The van der Waals surface area contributed by atoms with Crippen LogP contribution in [-0.4, -0.2) is 42.3 Å². The lowest BCUT2D eigenvalue weighted by Crippen LogP contribution is -2.41. The third kappa shape index (κ3) is 3.56. The molecule has 3 N–H and O–H groups in total. The molecule has 1 unspecified atom stereocenters. The minimum absolute atomic E-state index is 0.342. The molecule has 1 heterocycles. The molecule has 1 atom stereocenters. The lowest BCUT2D eigenvalue weighted by molar-refractivity contribution is 0.0862. The molecular formula is C11H24N2O. The molecule has 3 heteroatoms. The highest BCUT2D eigenvalue weighted by molar-refractivity contribution is 4.76. The van der Waals surface area contributed by atoms with E-state index in [1.54, 1.807) is 0 Å². The third-order valence-corrected chi connectivity index (χ3v) is 3.32. The van der Waals surface area contributed by atoms with Gasteiger partial charge in [-0.2, -0.15) is 0 Å². The number of aliphatic hydroxyl groups is 1. The zero-order chi connectivity index (χ0) is 10.6. The molecule has 1 saturated heterocycles. The average Bonchev–Trinajstić information content (AvgIpc) is 2.18. The molecule has 1 fully saturated rings. The molecule has 0 saturated carbocycles. The van der Waals surface area contributed by atoms with Crippen molar-refractivity contribution in [3.8, 4) is 0 Å². The summed E-state index contributed by atoms with van der Waals surface area (Å²) in [6.07, 6.45) is 2.20. The van der Waals surface area contributed by atoms with Gasteiger partial charge in [0.1, 0.15) is 0 Å². The maximum Gasteiger partial charge on any atom is 0.0789 e.